The monoisotopic (exact) mass is 489 g/mol. The summed E-state index contributed by atoms with van der Waals surface area (Å²) in [5, 5.41) is 8.06. The first-order valence-electron chi connectivity index (χ1n) is 9.77. The van der Waals surface area contributed by atoms with Crippen molar-refractivity contribution in [2.24, 2.45) is 16.8 Å². The number of esters is 1. The second kappa shape index (κ2) is 10.3. The number of guanidine groups is 1. The van der Waals surface area contributed by atoms with Crippen molar-refractivity contribution in [3.05, 3.63) is 18.0 Å². The molecular formula is C19H32IN5O2. The Morgan fingerprint density at radius 2 is 2.11 bits per heavy atom. The second-order valence-corrected chi connectivity index (χ2v) is 7.41. The maximum absolute atomic E-state index is 11.9. The van der Waals surface area contributed by atoms with Gasteiger partial charge in [0.2, 0.25) is 0 Å². The number of ether oxygens (including phenoxy) is 1. The molecule has 0 spiro atoms. The molecule has 1 N–H and O–H groups in total. The predicted molar refractivity (Wildman–Crippen MR) is 116 cm³/mol. The quantitative estimate of drug-likeness (QED) is 0.298. The number of likely N-dealkylation sites (tertiary alicyclic amines) is 1. The number of carbonyl (C=O) groups is 1. The highest BCUT2D eigenvalue weighted by atomic mass is 127. The topological polar surface area (TPSA) is 71.8 Å². The Balaban J connectivity index is 0.00000261. The molecule has 152 valence electrons. The van der Waals surface area contributed by atoms with Crippen LogP contribution in [0.2, 0.25) is 0 Å². The number of aliphatic imine (C=N–C) groups is 1. The lowest BCUT2D eigenvalue weighted by Crippen LogP contribution is -2.40. The van der Waals surface area contributed by atoms with E-state index in [-0.39, 0.29) is 41.8 Å². The fourth-order valence-corrected chi connectivity index (χ4v) is 4.01. The van der Waals surface area contributed by atoms with Crippen LogP contribution in [-0.4, -0.2) is 53.4 Å². The molecule has 1 aliphatic carbocycles. The molecular weight excluding hydrogens is 457 g/mol. The highest BCUT2D eigenvalue weighted by Crippen LogP contribution is 2.29. The number of carbonyl (C=O) groups excluding carboxylic acids is 1. The van der Waals surface area contributed by atoms with Crippen molar-refractivity contribution in [2.45, 2.75) is 52.1 Å². The van der Waals surface area contributed by atoms with Gasteiger partial charge in [-0.05, 0) is 31.7 Å². The van der Waals surface area contributed by atoms with Gasteiger partial charge < -0.3 is 15.0 Å². The van der Waals surface area contributed by atoms with E-state index in [0.717, 1.165) is 24.7 Å². The van der Waals surface area contributed by atoms with Crippen LogP contribution in [0.1, 0.15) is 51.3 Å². The Labute approximate surface area is 178 Å². The lowest BCUT2D eigenvalue weighted by atomic mass is 9.99. The van der Waals surface area contributed by atoms with Gasteiger partial charge in [-0.3, -0.25) is 9.48 Å². The van der Waals surface area contributed by atoms with Crippen LogP contribution >= 0.6 is 24.0 Å². The maximum atomic E-state index is 11.9. The summed E-state index contributed by atoms with van der Waals surface area (Å²) in [6.07, 6.45) is 7.15. The normalized spacial score (nSPS) is 23.4. The fourth-order valence-electron chi connectivity index (χ4n) is 4.01. The number of halogens is 1. The van der Waals surface area contributed by atoms with Crippen molar-refractivity contribution in [1.29, 1.82) is 0 Å². The van der Waals surface area contributed by atoms with E-state index in [0.29, 0.717) is 19.1 Å². The van der Waals surface area contributed by atoms with E-state index in [1.807, 2.05) is 0 Å². The molecule has 1 aromatic rings. The molecule has 0 bridgehead atoms. The molecule has 2 atom stereocenters. The summed E-state index contributed by atoms with van der Waals surface area (Å²) >= 11 is 0. The zero-order chi connectivity index (χ0) is 18.5. The van der Waals surface area contributed by atoms with Crippen LogP contribution in [0.15, 0.2) is 17.3 Å². The van der Waals surface area contributed by atoms with Crippen molar-refractivity contribution in [3.8, 4) is 0 Å². The summed E-state index contributed by atoms with van der Waals surface area (Å²) in [5.74, 6) is 0.880. The van der Waals surface area contributed by atoms with E-state index in [1.165, 1.54) is 32.8 Å². The molecule has 1 aromatic heterocycles. The van der Waals surface area contributed by atoms with Gasteiger partial charge in [0.25, 0.3) is 0 Å². The largest absolute Gasteiger partial charge is 0.469 e. The van der Waals surface area contributed by atoms with Gasteiger partial charge in [-0.2, -0.15) is 5.10 Å². The Morgan fingerprint density at radius 1 is 1.37 bits per heavy atom. The molecule has 2 aliphatic rings. The van der Waals surface area contributed by atoms with Crippen molar-refractivity contribution < 1.29 is 9.53 Å². The van der Waals surface area contributed by atoms with Crippen molar-refractivity contribution in [3.63, 3.8) is 0 Å². The number of hydrogen-bond acceptors (Lipinski definition) is 4. The van der Waals surface area contributed by atoms with Gasteiger partial charge >= 0.3 is 5.97 Å². The number of methoxy groups -OCH3 is 1. The lowest BCUT2D eigenvalue weighted by molar-refractivity contribution is -0.145. The van der Waals surface area contributed by atoms with Crippen LogP contribution in [0.3, 0.4) is 0 Å². The molecule has 1 aliphatic heterocycles. The van der Waals surface area contributed by atoms with E-state index in [2.05, 4.69) is 41.0 Å². The number of nitrogens with one attached hydrogen (secondary N) is 1. The average Bonchev–Trinajstić information content (AvgIpc) is 3.38. The Kier molecular flexibility index (Phi) is 8.37. The van der Waals surface area contributed by atoms with E-state index < -0.39 is 0 Å². The molecule has 2 fully saturated rings. The third-order valence-corrected chi connectivity index (χ3v) is 5.50. The van der Waals surface area contributed by atoms with Crippen LogP contribution in [0, 0.1) is 11.8 Å². The first-order valence-corrected chi connectivity index (χ1v) is 9.77. The third kappa shape index (κ3) is 5.36. The minimum absolute atomic E-state index is 0. The number of rotatable bonds is 5. The predicted octanol–water partition coefficient (Wildman–Crippen LogP) is 2.82. The molecule has 2 heterocycles. The van der Waals surface area contributed by atoms with Crippen molar-refractivity contribution in [2.75, 3.05) is 26.7 Å². The molecule has 3 rings (SSSR count). The van der Waals surface area contributed by atoms with Gasteiger partial charge in [-0.25, -0.2) is 4.99 Å². The molecule has 8 heteroatoms. The van der Waals surface area contributed by atoms with Crippen LogP contribution in [-0.2, 0) is 16.1 Å². The SMILES string of the molecule is CCNC(=NCc1ccn(C2CCCC2)n1)N1CC(C)C(C(=O)OC)C1.I. The van der Waals surface area contributed by atoms with E-state index in [4.69, 9.17) is 14.8 Å². The molecule has 2 unspecified atom stereocenters. The smallest absolute Gasteiger partial charge is 0.310 e. The van der Waals surface area contributed by atoms with Crippen LogP contribution in [0.4, 0.5) is 0 Å². The third-order valence-electron chi connectivity index (χ3n) is 5.50. The lowest BCUT2D eigenvalue weighted by Gasteiger charge is -2.21. The first kappa shape index (κ1) is 22.0. The molecule has 27 heavy (non-hydrogen) atoms. The van der Waals surface area contributed by atoms with Gasteiger partial charge in [0, 0.05) is 25.8 Å². The average molecular weight is 489 g/mol. The standard InChI is InChI=1S/C19H31N5O2.HI/c1-4-20-19(23-12-14(2)17(13-23)18(25)26-3)21-11-15-9-10-24(22-15)16-7-5-6-8-16;/h9-10,14,16-17H,4-8,11-13H2,1-3H3,(H,20,21);1H. The van der Waals surface area contributed by atoms with Crippen molar-refractivity contribution >= 4 is 35.9 Å². The van der Waals surface area contributed by atoms with Crippen molar-refractivity contribution in [1.82, 2.24) is 20.0 Å². The highest BCUT2D eigenvalue weighted by molar-refractivity contribution is 14.0. The van der Waals surface area contributed by atoms with E-state index in [9.17, 15) is 4.79 Å². The molecule has 7 nitrogen and oxygen atoms in total. The fraction of sp³-hybridized carbons (Fsp3) is 0.737. The van der Waals surface area contributed by atoms with Gasteiger partial charge in [-0.1, -0.05) is 19.8 Å². The minimum atomic E-state index is -0.133. The van der Waals surface area contributed by atoms with Crippen LogP contribution < -0.4 is 5.32 Å². The minimum Gasteiger partial charge on any atom is -0.469 e. The Bertz CT molecular complexity index is 642. The summed E-state index contributed by atoms with van der Waals surface area (Å²) in [5.41, 5.74) is 0.990. The van der Waals surface area contributed by atoms with Gasteiger partial charge in [0.1, 0.15) is 0 Å². The summed E-state index contributed by atoms with van der Waals surface area (Å²) in [6.45, 7) is 6.95. The maximum Gasteiger partial charge on any atom is 0.310 e. The molecule has 1 saturated heterocycles. The molecule has 0 radical (unpaired) electrons. The first-order chi connectivity index (χ1) is 12.6. The highest BCUT2D eigenvalue weighted by Gasteiger charge is 2.36. The summed E-state index contributed by atoms with van der Waals surface area (Å²) in [4.78, 5) is 18.9. The zero-order valence-corrected chi connectivity index (χ0v) is 18.9. The number of aromatic nitrogens is 2. The summed E-state index contributed by atoms with van der Waals surface area (Å²) in [7, 11) is 1.46. The Hall–Kier alpha value is -1.32. The molecule has 0 aromatic carbocycles. The Morgan fingerprint density at radius 3 is 2.78 bits per heavy atom. The summed E-state index contributed by atoms with van der Waals surface area (Å²) < 4.78 is 7.04. The number of hydrogen-bond donors (Lipinski definition) is 1. The molecule has 1 saturated carbocycles. The number of nitrogens with zero attached hydrogens (tertiary/aromatic N) is 4. The second-order valence-electron chi connectivity index (χ2n) is 7.41. The summed E-state index contributed by atoms with van der Waals surface area (Å²) in [6, 6.07) is 2.62. The molecule has 0 amide bonds. The van der Waals surface area contributed by atoms with Gasteiger partial charge in [-0.15, -0.1) is 24.0 Å². The van der Waals surface area contributed by atoms with Gasteiger partial charge in [0.05, 0.1) is 31.3 Å². The van der Waals surface area contributed by atoms with Crippen LogP contribution in [0.5, 0.6) is 0 Å². The van der Waals surface area contributed by atoms with E-state index in [1.54, 1.807) is 0 Å². The zero-order valence-electron chi connectivity index (χ0n) is 16.6. The van der Waals surface area contributed by atoms with E-state index >= 15 is 0 Å². The van der Waals surface area contributed by atoms with Gasteiger partial charge in [0.15, 0.2) is 5.96 Å². The van der Waals surface area contributed by atoms with Crippen LogP contribution in [0.25, 0.3) is 0 Å².